The number of imidazole rings is 1. The van der Waals surface area contributed by atoms with Crippen LogP contribution in [0.1, 0.15) is 5.82 Å². The molecule has 0 radical (unpaired) electrons. The highest BCUT2D eigenvalue weighted by Crippen LogP contribution is 2.57. The largest absolute Gasteiger partial charge is 0.345 e. The molecule has 4 rings (SSSR count). The molecule has 1 heterocycles. The minimum Gasteiger partial charge on any atom is -0.345 e. The number of nitrogens with zero attached hydrogens (tertiary/aromatic N) is 1. The second-order valence-corrected chi connectivity index (χ2v) is 9.50. The van der Waals surface area contributed by atoms with Crippen LogP contribution in [0.4, 0.5) is 0 Å². The number of hydrogen-bond acceptors (Lipinski definition) is 1. The van der Waals surface area contributed by atoms with Gasteiger partial charge in [-0.25, -0.2) is 4.98 Å². The van der Waals surface area contributed by atoms with Gasteiger partial charge in [-0.05, 0) is 36.4 Å². The maximum Gasteiger partial charge on any atom is 0.145 e. The summed E-state index contributed by atoms with van der Waals surface area (Å²) in [7, 11) is -1.84. The zero-order chi connectivity index (χ0) is 17.0. The van der Waals surface area contributed by atoms with Crippen LogP contribution in [0.25, 0.3) is 0 Å². The Bertz CT molecular complexity index is 808. The van der Waals surface area contributed by atoms with Gasteiger partial charge in [0.2, 0.25) is 0 Å². The van der Waals surface area contributed by atoms with Gasteiger partial charge in [-0.15, -0.1) is 0 Å². The fraction of sp³-hybridized carbons (Fsp3) is 0.0455. The molecular weight excluding hydrogens is 323 g/mol. The second-order valence-electron chi connectivity index (χ2n) is 6.01. The highest BCUT2D eigenvalue weighted by molar-refractivity contribution is 7.95. The van der Waals surface area contributed by atoms with Crippen molar-refractivity contribution in [2.24, 2.45) is 0 Å². The lowest BCUT2D eigenvalue weighted by Gasteiger charge is -2.26. The highest BCUT2D eigenvalue weighted by Gasteiger charge is 2.46. The van der Waals surface area contributed by atoms with Gasteiger partial charge in [-0.1, -0.05) is 54.6 Å². The van der Waals surface area contributed by atoms with Crippen molar-refractivity contribution in [3.05, 3.63) is 109 Å². The van der Waals surface area contributed by atoms with Gasteiger partial charge in [0, 0.05) is 12.4 Å². The van der Waals surface area contributed by atoms with Crippen molar-refractivity contribution >= 4 is 23.2 Å². The van der Waals surface area contributed by atoms with Crippen molar-refractivity contribution in [3.63, 3.8) is 0 Å². The lowest BCUT2D eigenvalue weighted by molar-refractivity contribution is 1.11. The Morgan fingerprint density at radius 3 is 1.44 bits per heavy atom. The standard InChI is InChI=1S/C22H20N2P/c1-4-10-19(11-5-1)25(18-22-23-16-17-24-22,20-12-6-2-7-13-20)21-14-8-3-9-15-21/h1-17H,18H2,(H,23,24)/q+1. The molecule has 1 N–H and O–H groups in total. The molecule has 0 aliphatic carbocycles. The van der Waals surface area contributed by atoms with E-state index in [0.717, 1.165) is 12.0 Å². The minimum absolute atomic E-state index is 0.887. The van der Waals surface area contributed by atoms with Gasteiger partial charge < -0.3 is 4.98 Å². The maximum atomic E-state index is 4.55. The van der Waals surface area contributed by atoms with E-state index in [2.05, 4.69) is 101 Å². The van der Waals surface area contributed by atoms with Crippen molar-refractivity contribution in [1.29, 1.82) is 0 Å². The van der Waals surface area contributed by atoms with Crippen LogP contribution in [0.2, 0.25) is 0 Å². The number of aromatic nitrogens is 2. The molecule has 0 unspecified atom stereocenters. The molecule has 0 fully saturated rings. The first-order valence-corrected chi connectivity index (χ1v) is 10.4. The summed E-state index contributed by atoms with van der Waals surface area (Å²) >= 11 is 0. The molecule has 122 valence electrons. The maximum absolute atomic E-state index is 4.55. The Morgan fingerprint density at radius 1 is 0.640 bits per heavy atom. The molecule has 3 aromatic carbocycles. The fourth-order valence-electron chi connectivity index (χ4n) is 3.38. The Morgan fingerprint density at radius 2 is 1.08 bits per heavy atom. The van der Waals surface area contributed by atoms with Gasteiger partial charge in [0.25, 0.3) is 0 Å². The van der Waals surface area contributed by atoms with Crippen molar-refractivity contribution in [3.8, 4) is 0 Å². The molecule has 0 bridgehead atoms. The number of rotatable bonds is 5. The van der Waals surface area contributed by atoms with Crippen LogP contribution in [-0.2, 0) is 6.16 Å². The Balaban J connectivity index is 2.01. The van der Waals surface area contributed by atoms with Crippen LogP contribution < -0.4 is 15.9 Å². The lowest BCUT2D eigenvalue weighted by Crippen LogP contribution is -2.32. The molecule has 1 aromatic heterocycles. The summed E-state index contributed by atoms with van der Waals surface area (Å²) in [5, 5.41) is 4.14. The summed E-state index contributed by atoms with van der Waals surface area (Å²) in [6, 6.07) is 32.6. The summed E-state index contributed by atoms with van der Waals surface area (Å²) in [5.41, 5.74) is 0. The summed E-state index contributed by atoms with van der Waals surface area (Å²) in [6.07, 6.45) is 4.63. The van der Waals surface area contributed by atoms with Gasteiger partial charge in [-0.3, -0.25) is 0 Å². The molecule has 4 aromatic rings. The summed E-state index contributed by atoms with van der Waals surface area (Å²) in [6.45, 7) is 0. The van der Waals surface area contributed by atoms with Crippen LogP contribution in [0.3, 0.4) is 0 Å². The smallest absolute Gasteiger partial charge is 0.145 e. The molecule has 0 atom stereocenters. The van der Waals surface area contributed by atoms with Crippen LogP contribution in [0, 0.1) is 0 Å². The summed E-state index contributed by atoms with van der Waals surface area (Å²) in [4.78, 5) is 7.87. The number of H-pyrrole nitrogens is 1. The number of aromatic amines is 1. The van der Waals surface area contributed by atoms with Crippen molar-refractivity contribution in [1.82, 2.24) is 9.97 Å². The van der Waals surface area contributed by atoms with E-state index in [1.807, 2.05) is 12.4 Å². The average molecular weight is 343 g/mol. The summed E-state index contributed by atoms with van der Waals surface area (Å²) < 4.78 is 0. The third-order valence-electron chi connectivity index (χ3n) is 4.53. The third-order valence-corrected chi connectivity index (χ3v) is 8.85. The van der Waals surface area contributed by atoms with Gasteiger partial charge in [0.1, 0.15) is 35.2 Å². The van der Waals surface area contributed by atoms with Gasteiger partial charge in [-0.2, -0.15) is 0 Å². The van der Waals surface area contributed by atoms with E-state index in [9.17, 15) is 0 Å². The van der Waals surface area contributed by atoms with Crippen molar-refractivity contribution in [2.45, 2.75) is 6.16 Å². The van der Waals surface area contributed by atoms with Crippen LogP contribution in [0.15, 0.2) is 103 Å². The van der Waals surface area contributed by atoms with E-state index < -0.39 is 7.26 Å². The fourth-order valence-corrected chi connectivity index (χ4v) is 7.49. The quantitative estimate of drug-likeness (QED) is 0.547. The molecular formula is C22H20N2P+. The van der Waals surface area contributed by atoms with Crippen LogP contribution in [-0.4, -0.2) is 9.97 Å². The predicted octanol–water partition coefficient (Wildman–Crippen LogP) is 3.90. The van der Waals surface area contributed by atoms with E-state index in [1.165, 1.54) is 15.9 Å². The zero-order valence-electron chi connectivity index (χ0n) is 13.9. The first-order chi connectivity index (χ1) is 12.4. The number of nitrogens with one attached hydrogen (secondary N) is 1. The molecule has 0 saturated heterocycles. The Kier molecular flexibility index (Phi) is 4.45. The molecule has 0 aliphatic rings. The Hall–Kier alpha value is -2.70. The first kappa shape index (κ1) is 15.8. The summed E-state index contributed by atoms with van der Waals surface area (Å²) in [5.74, 6) is 1.03. The van der Waals surface area contributed by atoms with Gasteiger partial charge >= 0.3 is 0 Å². The van der Waals surface area contributed by atoms with E-state index in [4.69, 9.17) is 0 Å². The number of hydrogen-bond donors (Lipinski definition) is 1. The molecule has 0 spiro atoms. The van der Waals surface area contributed by atoms with Gasteiger partial charge in [0.15, 0.2) is 0 Å². The predicted molar refractivity (Wildman–Crippen MR) is 107 cm³/mol. The lowest BCUT2D eigenvalue weighted by atomic mass is 10.4. The zero-order valence-corrected chi connectivity index (χ0v) is 14.8. The second kappa shape index (κ2) is 7.04. The van der Waals surface area contributed by atoms with Crippen LogP contribution >= 0.6 is 7.26 Å². The first-order valence-electron chi connectivity index (χ1n) is 8.43. The minimum atomic E-state index is -1.84. The van der Waals surface area contributed by atoms with Crippen molar-refractivity contribution < 1.29 is 0 Å². The SMILES string of the molecule is c1ccc([P+](Cc2ncc[nH]2)(c2ccccc2)c2ccccc2)cc1. The highest BCUT2D eigenvalue weighted by atomic mass is 31.2. The van der Waals surface area contributed by atoms with Crippen LogP contribution in [0.5, 0.6) is 0 Å². The molecule has 0 aliphatic heterocycles. The molecule has 3 heteroatoms. The molecule has 2 nitrogen and oxygen atoms in total. The van der Waals surface area contributed by atoms with Gasteiger partial charge in [0.05, 0.1) is 0 Å². The molecule has 0 saturated carbocycles. The van der Waals surface area contributed by atoms with E-state index in [-0.39, 0.29) is 0 Å². The Labute approximate surface area is 148 Å². The number of benzene rings is 3. The average Bonchev–Trinajstić information content (AvgIpc) is 3.21. The van der Waals surface area contributed by atoms with E-state index >= 15 is 0 Å². The monoisotopic (exact) mass is 343 g/mol. The van der Waals surface area contributed by atoms with E-state index in [0.29, 0.717) is 0 Å². The molecule has 25 heavy (non-hydrogen) atoms. The topological polar surface area (TPSA) is 28.7 Å². The van der Waals surface area contributed by atoms with Crippen molar-refractivity contribution in [2.75, 3.05) is 0 Å². The van der Waals surface area contributed by atoms with E-state index in [1.54, 1.807) is 0 Å². The normalized spacial score (nSPS) is 11.4. The third kappa shape index (κ3) is 3.01. The molecule has 0 amide bonds.